The van der Waals surface area contributed by atoms with E-state index in [9.17, 15) is 24.5 Å². The van der Waals surface area contributed by atoms with E-state index in [2.05, 4.69) is 10.2 Å². The molecule has 3 aromatic carbocycles. The molecule has 6 nitrogen and oxygen atoms in total. The number of rotatable bonds is 7. The van der Waals surface area contributed by atoms with Crippen molar-refractivity contribution in [3.05, 3.63) is 82.2 Å². The number of likely N-dealkylation sites (tertiary alicyclic amines) is 1. The van der Waals surface area contributed by atoms with E-state index < -0.39 is 5.82 Å². The number of piperidine rings is 1. The van der Waals surface area contributed by atoms with E-state index >= 15 is 0 Å². The van der Waals surface area contributed by atoms with E-state index in [0.717, 1.165) is 37.1 Å². The molecule has 0 spiro atoms. The third kappa shape index (κ3) is 4.87. The van der Waals surface area contributed by atoms with Crippen LogP contribution in [0.3, 0.4) is 0 Å². The van der Waals surface area contributed by atoms with E-state index in [-0.39, 0.29) is 35.7 Å². The van der Waals surface area contributed by atoms with Gasteiger partial charge in [-0.3, -0.25) is 9.69 Å². The number of nitrogens with one attached hydrogen (secondary N) is 1. The molecule has 37 heavy (non-hydrogen) atoms. The predicted molar refractivity (Wildman–Crippen MR) is 141 cm³/mol. The van der Waals surface area contributed by atoms with Gasteiger partial charge in [-0.2, -0.15) is 0 Å². The number of ketones is 1. The first-order chi connectivity index (χ1) is 17.9. The summed E-state index contributed by atoms with van der Waals surface area (Å²) in [4.78, 5) is 16.2. The molecule has 2 saturated heterocycles. The first-order valence-electron chi connectivity index (χ1n) is 12.9. The van der Waals surface area contributed by atoms with Gasteiger partial charge in [0.05, 0.1) is 6.61 Å². The standard InChI is InChI=1S/C30H33FN2O4/c1-18-23(8-3-9-26(18)31)27-28(29(36)19-5-2-7-22(35)13-19)24(21-16-33(17-21)11-12-34)14-25(30(27)37)20-6-4-10-32-15-20/h2-3,5,7-9,13-14,20-21,32,34-35,37H,4,6,10-12,15-17H2,1H3/t20-/m1/s1. The lowest BCUT2D eigenvalue weighted by atomic mass is 9.77. The van der Waals surface area contributed by atoms with Crippen LogP contribution in [0.25, 0.3) is 11.1 Å². The molecule has 2 aliphatic heterocycles. The molecule has 2 aliphatic rings. The highest BCUT2D eigenvalue weighted by Gasteiger charge is 2.36. The number of hydrogen-bond acceptors (Lipinski definition) is 6. The Balaban J connectivity index is 1.77. The zero-order valence-corrected chi connectivity index (χ0v) is 21.0. The molecule has 0 saturated carbocycles. The largest absolute Gasteiger partial charge is 0.508 e. The molecule has 1 atom stereocenters. The van der Waals surface area contributed by atoms with Crippen LogP contribution in [0.1, 0.15) is 57.3 Å². The maximum absolute atomic E-state index is 14.8. The highest BCUT2D eigenvalue weighted by molar-refractivity contribution is 6.15. The van der Waals surface area contributed by atoms with Crippen molar-refractivity contribution in [2.45, 2.75) is 31.6 Å². The van der Waals surface area contributed by atoms with Crippen LogP contribution in [-0.2, 0) is 0 Å². The number of phenolic OH excluding ortho intramolecular Hbond substituents is 2. The fourth-order valence-electron chi connectivity index (χ4n) is 5.73. The maximum Gasteiger partial charge on any atom is 0.194 e. The molecule has 3 aromatic rings. The summed E-state index contributed by atoms with van der Waals surface area (Å²) in [5.74, 6) is -0.653. The third-order valence-electron chi connectivity index (χ3n) is 7.78. The Hall–Kier alpha value is -3.26. The summed E-state index contributed by atoms with van der Waals surface area (Å²) in [5, 5.41) is 34.7. The van der Waals surface area contributed by atoms with Crippen LogP contribution >= 0.6 is 0 Å². The summed E-state index contributed by atoms with van der Waals surface area (Å²) in [6.45, 7) is 5.27. The number of nitrogens with zero attached hydrogens (tertiary/aromatic N) is 1. The SMILES string of the molecule is Cc1c(F)cccc1-c1c(O)c([C@@H]2CCCNC2)cc(C2CN(CCO)C2)c1C(=O)c1cccc(O)c1. The van der Waals surface area contributed by atoms with Crippen molar-refractivity contribution >= 4 is 5.78 Å². The number of benzene rings is 3. The van der Waals surface area contributed by atoms with Gasteiger partial charge in [0.1, 0.15) is 17.3 Å². The quantitative estimate of drug-likeness (QED) is 0.359. The zero-order chi connectivity index (χ0) is 26.1. The molecule has 0 aromatic heterocycles. The molecule has 4 N–H and O–H groups in total. The van der Waals surface area contributed by atoms with E-state index in [4.69, 9.17) is 0 Å². The number of phenols is 2. The number of β-amino-alcohol motifs (C(OH)–C–C–N with tert-alkyl or cyclic N) is 1. The summed E-state index contributed by atoms with van der Waals surface area (Å²) in [6.07, 6.45) is 1.88. The normalized spacial score (nSPS) is 18.5. The van der Waals surface area contributed by atoms with Gasteiger partial charge in [-0.25, -0.2) is 4.39 Å². The average Bonchev–Trinajstić information content (AvgIpc) is 2.88. The molecule has 2 heterocycles. The lowest BCUT2D eigenvalue weighted by Gasteiger charge is -2.41. The molecule has 5 rings (SSSR count). The van der Waals surface area contributed by atoms with E-state index in [1.807, 2.05) is 6.07 Å². The monoisotopic (exact) mass is 504 g/mol. The highest BCUT2D eigenvalue weighted by Crippen LogP contribution is 2.47. The summed E-state index contributed by atoms with van der Waals surface area (Å²) in [7, 11) is 0. The first-order valence-corrected chi connectivity index (χ1v) is 12.9. The molecule has 0 aliphatic carbocycles. The number of halogens is 1. The molecule has 0 unspecified atom stereocenters. The molecule has 2 fully saturated rings. The first kappa shape index (κ1) is 25.4. The van der Waals surface area contributed by atoms with Crippen molar-refractivity contribution in [3.8, 4) is 22.6 Å². The van der Waals surface area contributed by atoms with E-state index in [1.165, 1.54) is 18.2 Å². The number of aliphatic hydroxyl groups excluding tert-OH is 1. The number of carbonyl (C=O) groups is 1. The van der Waals surface area contributed by atoms with Crippen molar-refractivity contribution in [1.82, 2.24) is 10.2 Å². The summed E-state index contributed by atoms with van der Waals surface area (Å²) < 4.78 is 14.8. The Labute approximate surface area is 216 Å². The topological polar surface area (TPSA) is 93.0 Å². The van der Waals surface area contributed by atoms with Crippen LogP contribution in [0.15, 0.2) is 48.5 Å². The van der Waals surface area contributed by atoms with Crippen LogP contribution in [0, 0.1) is 12.7 Å². The van der Waals surface area contributed by atoms with Gasteiger partial charge in [-0.05, 0) is 66.8 Å². The smallest absolute Gasteiger partial charge is 0.194 e. The average molecular weight is 505 g/mol. The predicted octanol–water partition coefficient (Wildman–Crippen LogP) is 4.30. The number of aromatic hydroxyl groups is 2. The maximum atomic E-state index is 14.8. The fraction of sp³-hybridized carbons (Fsp3) is 0.367. The summed E-state index contributed by atoms with van der Waals surface area (Å²) in [5.41, 5.74) is 3.44. The third-order valence-corrected chi connectivity index (χ3v) is 7.78. The minimum Gasteiger partial charge on any atom is -0.508 e. The fourth-order valence-corrected chi connectivity index (χ4v) is 5.73. The van der Waals surface area contributed by atoms with Crippen molar-refractivity contribution in [1.29, 1.82) is 0 Å². The lowest BCUT2D eigenvalue weighted by molar-refractivity contribution is 0.102. The van der Waals surface area contributed by atoms with E-state index in [1.54, 1.807) is 31.2 Å². The Bertz CT molecular complexity index is 1310. The second kappa shape index (κ2) is 10.6. The van der Waals surface area contributed by atoms with Crippen molar-refractivity contribution in [2.24, 2.45) is 0 Å². The van der Waals surface area contributed by atoms with Gasteiger partial charge in [0, 0.05) is 54.7 Å². The summed E-state index contributed by atoms with van der Waals surface area (Å²) in [6, 6.07) is 12.9. The van der Waals surface area contributed by atoms with Crippen LogP contribution in [0.5, 0.6) is 11.5 Å². The van der Waals surface area contributed by atoms with Gasteiger partial charge >= 0.3 is 0 Å². The van der Waals surface area contributed by atoms with Gasteiger partial charge in [0.2, 0.25) is 0 Å². The number of aliphatic hydroxyl groups is 1. The van der Waals surface area contributed by atoms with Gasteiger partial charge in [0.15, 0.2) is 5.78 Å². The van der Waals surface area contributed by atoms with Gasteiger partial charge in [-0.1, -0.05) is 30.3 Å². The Kier molecular flexibility index (Phi) is 7.29. The Morgan fingerprint density at radius 1 is 1.08 bits per heavy atom. The van der Waals surface area contributed by atoms with Gasteiger partial charge in [-0.15, -0.1) is 0 Å². The molecular formula is C30H33FN2O4. The van der Waals surface area contributed by atoms with Crippen LogP contribution in [0.4, 0.5) is 4.39 Å². The van der Waals surface area contributed by atoms with E-state index in [0.29, 0.717) is 47.5 Å². The second-order valence-electron chi connectivity index (χ2n) is 10.2. The Morgan fingerprint density at radius 2 is 1.86 bits per heavy atom. The Morgan fingerprint density at radius 3 is 2.57 bits per heavy atom. The molecule has 0 amide bonds. The van der Waals surface area contributed by atoms with Gasteiger partial charge < -0.3 is 20.6 Å². The number of hydrogen-bond donors (Lipinski definition) is 4. The number of carbonyl (C=O) groups excluding carboxylic acids is 1. The second-order valence-corrected chi connectivity index (χ2v) is 10.2. The van der Waals surface area contributed by atoms with Crippen LogP contribution in [-0.4, -0.2) is 65.3 Å². The van der Waals surface area contributed by atoms with Crippen LogP contribution < -0.4 is 5.32 Å². The molecule has 194 valence electrons. The molecule has 7 heteroatoms. The van der Waals surface area contributed by atoms with Crippen molar-refractivity contribution in [2.75, 3.05) is 39.3 Å². The molecule has 0 bridgehead atoms. The minimum atomic E-state index is -0.406. The lowest BCUT2D eigenvalue weighted by Crippen LogP contribution is -2.46. The molecule has 0 radical (unpaired) electrons. The summed E-state index contributed by atoms with van der Waals surface area (Å²) >= 11 is 0. The van der Waals surface area contributed by atoms with Crippen LogP contribution in [0.2, 0.25) is 0 Å². The van der Waals surface area contributed by atoms with Gasteiger partial charge in [0.25, 0.3) is 0 Å². The van der Waals surface area contributed by atoms with Crippen molar-refractivity contribution in [3.63, 3.8) is 0 Å². The highest BCUT2D eigenvalue weighted by atomic mass is 19.1. The molecular weight excluding hydrogens is 471 g/mol. The minimum absolute atomic E-state index is 0.0150. The zero-order valence-electron chi connectivity index (χ0n) is 21.0. The van der Waals surface area contributed by atoms with Crippen molar-refractivity contribution < 1.29 is 24.5 Å².